The molecule has 0 spiro atoms. The van der Waals surface area contributed by atoms with Crippen LogP contribution in [0.1, 0.15) is 20.3 Å². The van der Waals surface area contributed by atoms with Crippen LogP contribution < -0.4 is 5.14 Å². The summed E-state index contributed by atoms with van der Waals surface area (Å²) < 4.78 is 10.4. The van der Waals surface area contributed by atoms with Crippen LogP contribution in [-0.2, 0) is 11.0 Å². The molecule has 0 aliphatic carbocycles. The van der Waals surface area contributed by atoms with Crippen LogP contribution in [-0.4, -0.2) is 9.96 Å². The maximum Gasteiger partial charge on any atom is 0.0888 e. The van der Waals surface area contributed by atoms with E-state index in [-0.39, 0.29) is 0 Å². The van der Waals surface area contributed by atoms with Crippen LogP contribution in [0.25, 0.3) is 0 Å². The maximum atomic E-state index is 10.4. The Morgan fingerprint density at radius 1 is 1.70 bits per heavy atom. The second-order valence-electron chi connectivity index (χ2n) is 2.83. The molecule has 0 aliphatic heterocycles. The van der Waals surface area contributed by atoms with Gasteiger partial charge in [-0.05, 0) is 20.3 Å². The van der Waals surface area contributed by atoms with Crippen molar-refractivity contribution in [2.24, 2.45) is 10.6 Å². The second-order valence-corrected chi connectivity index (χ2v) is 4.00. The molecule has 0 aromatic carbocycles. The number of nitrogens with two attached hydrogens (primary N) is 1. The highest BCUT2D eigenvalue weighted by molar-refractivity contribution is 7.82. The summed E-state index contributed by atoms with van der Waals surface area (Å²) in [6.45, 7) is 3.61. The predicted octanol–water partition coefficient (Wildman–Crippen LogP) is 0.549. The zero-order valence-electron chi connectivity index (χ0n) is 6.26. The van der Waals surface area contributed by atoms with Crippen molar-refractivity contribution >= 4 is 11.0 Å². The largest absolute Gasteiger partial charge is 0.252 e. The van der Waals surface area contributed by atoms with Crippen molar-refractivity contribution in [1.82, 2.24) is 0 Å². The monoisotopic (exact) mass is 160 g/mol. The van der Waals surface area contributed by atoms with Gasteiger partial charge < -0.3 is 0 Å². The molecular formula is C6H12N2OS. The van der Waals surface area contributed by atoms with Gasteiger partial charge in [0.1, 0.15) is 0 Å². The third-order valence-corrected chi connectivity index (χ3v) is 1.84. The zero-order valence-corrected chi connectivity index (χ0v) is 7.07. The molecule has 0 saturated carbocycles. The van der Waals surface area contributed by atoms with E-state index < -0.39 is 16.4 Å². The van der Waals surface area contributed by atoms with E-state index in [1.807, 2.05) is 0 Å². The average Bonchev–Trinajstić information content (AvgIpc) is 1.85. The van der Waals surface area contributed by atoms with Crippen molar-refractivity contribution in [2.45, 2.75) is 20.3 Å². The van der Waals surface area contributed by atoms with Crippen LogP contribution in [0.15, 0.2) is 0 Å². The zero-order chi connectivity index (χ0) is 8.20. The molecular weight excluding hydrogens is 148 g/mol. The Labute approximate surface area is 63.8 Å². The molecule has 1 unspecified atom stereocenters. The van der Waals surface area contributed by atoms with Crippen molar-refractivity contribution < 1.29 is 4.21 Å². The number of nitrogens with zero attached hydrogens (tertiary/aromatic N) is 1. The van der Waals surface area contributed by atoms with Gasteiger partial charge in [0.05, 0.1) is 22.5 Å². The summed E-state index contributed by atoms with van der Waals surface area (Å²) in [6, 6.07) is 2.11. The summed E-state index contributed by atoms with van der Waals surface area (Å²) in [5, 5.41) is 13.5. The molecule has 0 aromatic heterocycles. The van der Waals surface area contributed by atoms with Crippen molar-refractivity contribution in [2.75, 3.05) is 5.75 Å². The topological polar surface area (TPSA) is 66.9 Å². The Balaban J connectivity index is 3.71. The number of nitriles is 1. The average molecular weight is 160 g/mol. The highest BCUT2D eigenvalue weighted by atomic mass is 32.2. The van der Waals surface area contributed by atoms with Crippen molar-refractivity contribution in [3.05, 3.63) is 0 Å². The van der Waals surface area contributed by atoms with Gasteiger partial charge in [-0.3, -0.25) is 5.14 Å². The fourth-order valence-electron chi connectivity index (χ4n) is 0.412. The van der Waals surface area contributed by atoms with Gasteiger partial charge in [-0.15, -0.1) is 0 Å². The molecule has 4 heteroatoms. The van der Waals surface area contributed by atoms with E-state index in [9.17, 15) is 4.21 Å². The minimum atomic E-state index is -1.26. The van der Waals surface area contributed by atoms with Crippen molar-refractivity contribution in [3.8, 4) is 6.07 Å². The molecule has 0 amide bonds. The molecule has 0 bridgehead atoms. The quantitative estimate of drug-likeness (QED) is 0.655. The van der Waals surface area contributed by atoms with Gasteiger partial charge >= 0.3 is 0 Å². The highest BCUT2D eigenvalue weighted by Gasteiger charge is 2.16. The maximum absolute atomic E-state index is 10.4. The molecule has 0 aliphatic rings. The van der Waals surface area contributed by atoms with E-state index in [1.54, 1.807) is 13.8 Å². The first kappa shape index (κ1) is 9.60. The predicted molar refractivity (Wildman–Crippen MR) is 41.2 cm³/mol. The summed E-state index contributed by atoms with van der Waals surface area (Å²) >= 11 is 0. The minimum Gasteiger partial charge on any atom is -0.252 e. The Morgan fingerprint density at radius 3 is 2.50 bits per heavy atom. The molecule has 0 aromatic rings. The van der Waals surface area contributed by atoms with E-state index in [4.69, 9.17) is 10.4 Å². The minimum absolute atomic E-state index is 0.394. The smallest absolute Gasteiger partial charge is 0.0888 e. The molecule has 0 radical (unpaired) electrons. The third-order valence-electron chi connectivity index (χ3n) is 1.23. The molecule has 0 heterocycles. The van der Waals surface area contributed by atoms with Crippen LogP contribution in [0, 0.1) is 16.7 Å². The van der Waals surface area contributed by atoms with Gasteiger partial charge in [-0.2, -0.15) is 5.26 Å². The summed E-state index contributed by atoms with van der Waals surface area (Å²) in [7, 11) is -1.26. The van der Waals surface area contributed by atoms with E-state index in [1.165, 1.54) is 0 Å². The molecule has 58 valence electrons. The number of rotatable bonds is 3. The molecule has 0 fully saturated rings. The Kier molecular flexibility index (Phi) is 3.54. The highest BCUT2D eigenvalue weighted by Crippen LogP contribution is 2.17. The Bertz CT molecular complexity index is 171. The van der Waals surface area contributed by atoms with Gasteiger partial charge in [-0.1, -0.05) is 0 Å². The lowest BCUT2D eigenvalue weighted by molar-refractivity contribution is 0.479. The number of hydrogen-bond acceptors (Lipinski definition) is 2. The third kappa shape index (κ3) is 4.48. The molecule has 3 nitrogen and oxygen atoms in total. The first-order valence-corrected chi connectivity index (χ1v) is 4.40. The molecule has 0 saturated heterocycles. The standard InChI is InChI=1S/C6H12N2OS/c1-6(2,5-7)3-4-10(8)9/h3-4,8H2,1-2H3. The lowest BCUT2D eigenvalue weighted by atomic mass is 9.93. The first-order chi connectivity index (χ1) is 4.48. The van der Waals surface area contributed by atoms with Gasteiger partial charge in [0.25, 0.3) is 0 Å². The number of hydrogen-bond donors (Lipinski definition) is 1. The molecule has 2 N–H and O–H groups in total. The van der Waals surface area contributed by atoms with E-state index in [2.05, 4.69) is 6.07 Å². The fraction of sp³-hybridized carbons (Fsp3) is 0.833. The van der Waals surface area contributed by atoms with Gasteiger partial charge in [0.15, 0.2) is 0 Å². The molecule has 0 rings (SSSR count). The van der Waals surface area contributed by atoms with Crippen LogP contribution >= 0.6 is 0 Å². The lowest BCUT2D eigenvalue weighted by Crippen LogP contribution is -2.16. The first-order valence-electron chi connectivity index (χ1n) is 3.02. The van der Waals surface area contributed by atoms with Gasteiger partial charge in [-0.25, -0.2) is 4.21 Å². The Hall–Kier alpha value is -0.400. The SMILES string of the molecule is CC(C)(C#N)CCS(N)=O. The van der Waals surface area contributed by atoms with Crippen molar-refractivity contribution in [1.29, 1.82) is 5.26 Å². The van der Waals surface area contributed by atoms with Gasteiger partial charge in [0, 0.05) is 5.75 Å². The lowest BCUT2D eigenvalue weighted by Gasteiger charge is -2.12. The van der Waals surface area contributed by atoms with Crippen molar-refractivity contribution in [3.63, 3.8) is 0 Å². The van der Waals surface area contributed by atoms with E-state index >= 15 is 0 Å². The fourth-order valence-corrected chi connectivity index (χ4v) is 1.12. The summed E-state index contributed by atoms with van der Waals surface area (Å²) in [4.78, 5) is 0. The summed E-state index contributed by atoms with van der Waals surface area (Å²) in [6.07, 6.45) is 0.590. The van der Waals surface area contributed by atoms with Crippen LogP contribution in [0.2, 0.25) is 0 Å². The van der Waals surface area contributed by atoms with Crippen LogP contribution in [0.4, 0.5) is 0 Å². The Morgan fingerprint density at radius 2 is 2.20 bits per heavy atom. The molecule has 1 atom stereocenters. The summed E-state index contributed by atoms with van der Waals surface area (Å²) in [5.74, 6) is 0.403. The van der Waals surface area contributed by atoms with Crippen LogP contribution in [0.3, 0.4) is 0 Å². The van der Waals surface area contributed by atoms with E-state index in [0.717, 1.165) is 0 Å². The van der Waals surface area contributed by atoms with Gasteiger partial charge in [0.2, 0.25) is 0 Å². The second kappa shape index (κ2) is 3.69. The normalized spacial score (nSPS) is 14.2. The van der Waals surface area contributed by atoms with E-state index in [0.29, 0.717) is 12.2 Å². The molecule has 10 heavy (non-hydrogen) atoms. The van der Waals surface area contributed by atoms with Crippen LogP contribution in [0.5, 0.6) is 0 Å². The summed E-state index contributed by atoms with van der Waals surface area (Å²) in [5.41, 5.74) is -0.394.